The quantitative estimate of drug-likeness (QED) is 0.795. The number of nitrogens with two attached hydrogens (primary N) is 1. The number of aryl methyl sites for hydroxylation is 2. The zero-order chi connectivity index (χ0) is 14.1. The maximum atomic E-state index is 6.41. The van der Waals surface area contributed by atoms with Gasteiger partial charge in [0.2, 0.25) is 0 Å². The van der Waals surface area contributed by atoms with Gasteiger partial charge in [0.15, 0.2) is 0 Å². The zero-order valence-electron chi connectivity index (χ0n) is 11.8. The SMILES string of the molecule is CCn1nc(C)cc1C(N)Cc1csc2ccccc12. The first kappa shape index (κ1) is 13.3. The van der Waals surface area contributed by atoms with Crippen molar-refractivity contribution in [3.05, 3.63) is 52.7 Å². The van der Waals surface area contributed by atoms with Gasteiger partial charge in [-0.25, -0.2) is 0 Å². The van der Waals surface area contributed by atoms with Crippen LogP contribution in [0.25, 0.3) is 10.1 Å². The Kier molecular flexibility index (Phi) is 3.59. The van der Waals surface area contributed by atoms with Gasteiger partial charge in [-0.3, -0.25) is 4.68 Å². The monoisotopic (exact) mass is 285 g/mol. The second-order valence-corrected chi connectivity index (χ2v) is 6.01. The van der Waals surface area contributed by atoms with E-state index in [0.717, 1.165) is 24.4 Å². The highest BCUT2D eigenvalue weighted by molar-refractivity contribution is 7.17. The first-order valence-electron chi connectivity index (χ1n) is 6.94. The van der Waals surface area contributed by atoms with Gasteiger partial charge in [-0.15, -0.1) is 11.3 Å². The van der Waals surface area contributed by atoms with Crippen molar-refractivity contribution in [1.82, 2.24) is 9.78 Å². The van der Waals surface area contributed by atoms with Gasteiger partial charge in [0.05, 0.1) is 17.4 Å². The number of hydrogen-bond donors (Lipinski definition) is 1. The van der Waals surface area contributed by atoms with E-state index in [9.17, 15) is 0 Å². The van der Waals surface area contributed by atoms with Crippen LogP contribution in [-0.4, -0.2) is 9.78 Å². The van der Waals surface area contributed by atoms with E-state index in [1.54, 1.807) is 11.3 Å². The molecule has 2 heterocycles. The summed E-state index contributed by atoms with van der Waals surface area (Å²) in [6, 6.07) is 10.6. The average molecular weight is 285 g/mol. The van der Waals surface area contributed by atoms with Crippen LogP contribution >= 0.6 is 11.3 Å². The smallest absolute Gasteiger partial charge is 0.0597 e. The predicted octanol–water partition coefficient (Wildman–Crippen LogP) is 3.67. The molecule has 0 aliphatic rings. The molecule has 104 valence electrons. The van der Waals surface area contributed by atoms with Crippen LogP contribution in [0.15, 0.2) is 35.7 Å². The van der Waals surface area contributed by atoms with Crippen LogP contribution in [0.4, 0.5) is 0 Å². The Morgan fingerprint density at radius 2 is 2.15 bits per heavy atom. The summed E-state index contributed by atoms with van der Waals surface area (Å²) in [5, 5.41) is 8.03. The van der Waals surface area contributed by atoms with E-state index < -0.39 is 0 Å². The molecule has 0 fully saturated rings. The Labute approximate surface area is 123 Å². The molecular weight excluding hydrogens is 266 g/mol. The minimum atomic E-state index is -0.00541. The third-order valence-electron chi connectivity index (χ3n) is 3.61. The van der Waals surface area contributed by atoms with E-state index in [1.165, 1.54) is 15.6 Å². The number of rotatable bonds is 4. The number of fused-ring (bicyclic) bond motifs is 1. The Morgan fingerprint density at radius 3 is 2.95 bits per heavy atom. The molecule has 0 saturated heterocycles. The van der Waals surface area contributed by atoms with Gasteiger partial charge in [0, 0.05) is 11.2 Å². The molecule has 0 amide bonds. The zero-order valence-corrected chi connectivity index (χ0v) is 12.7. The first-order chi connectivity index (χ1) is 9.69. The van der Waals surface area contributed by atoms with Crippen molar-refractivity contribution in [1.29, 1.82) is 0 Å². The first-order valence-corrected chi connectivity index (χ1v) is 7.82. The number of thiophene rings is 1. The van der Waals surface area contributed by atoms with Gasteiger partial charge < -0.3 is 5.73 Å². The summed E-state index contributed by atoms with van der Waals surface area (Å²) in [6.07, 6.45) is 0.856. The minimum absolute atomic E-state index is 0.00541. The fourth-order valence-corrected chi connectivity index (χ4v) is 3.63. The van der Waals surface area contributed by atoms with Crippen LogP contribution in [0, 0.1) is 6.92 Å². The molecule has 1 unspecified atom stereocenters. The van der Waals surface area contributed by atoms with E-state index in [-0.39, 0.29) is 6.04 Å². The van der Waals surface area contributed by atoms with Crippen LogP contribution in [0.2, 0.25) is 0 Å². The van der Waals surface area contributed by atoms with Crippen molar-refractivity contribution in [2.75, 3.05) is 0 Å². The van der Waals surface area contributed by atoms with Crippen LogP contribution in [0.5, 0.6) is 0 Å². The van der Waals surface area contributed by atoms with E-state index in [2.05, 4.69) is 47.7 Å². The number of nitrogens with zero attached hydrogens (tertiary/aromatic N) is 2. The maximum Gasteiger partial charge on any atom is 0.0597 e. The summed E-state index contributed by atoms with van der Waals surface area (Å²) < 4.78 is 3.34. The lowest BCUT2D eigenvalue weighted by atomic mass is 10.0. The van der Waals surface area contributed by atoms with Gasteiger partial charge in [0.25, 0.3) is 0 Å². The van der Waals surface area contributed by atoms with Crippen molar-refractivity contribution in [3.8, 4) is 0 Å². The normalized spacial score (nSPS) is 12.9. The molecule has 3 aromatic rings. The van der Waals surface area contributed by atoms with E-state index in [1.807, 2.05) is 11.6 Å². The number of hydrogen-bond acceptors (Lipinski definition) is 3. The molecule has 4 heteroatoms. The van der Waals surface area contributed by atoms with E-state index in [4.69, 9.17) is 5.73 Å². The molecule has 2 N–H and O–H groups in total. The largest absolute Gasteiger partial charge is 0.322 e. The fourth-order valence-electron chi connectivity index (χ4n) is 2.65. The van der Waals surface area contributed by atoms with Gasteiger partial charge in [0.1, 0.15) is 0 Å². The van der Waals surface area contributed by atoms with E-state index in [0.29, 0.717) is 0 Å². The summed E-state index contributed by atoms with van der Waals surface area (Å²) in [5.74, 6) is 0. The van der Waals surface area contributed by atoms with Gasteiger partial charge >= 0.3 is 0 Å². The Balaban J connectivity index is 1.90. The van der Waals surface area contributed by atoms with Crippen molar-refractivity contribution in [2.45, 2.75) is 32.9 Å². The summed E-state index contributed by atoms with van der Waals surface area (Å²) in [6.45, 7) is 4.98. The van der Waals surface area contributed by atoms with Crippen LogP contribution in [-0.2, 0) is 13.0 Å². The average Bonchev–Trinajstić information content (AvgIpc) is 3.03. The molecule has 2 aromatic heterocycles. The van der Waals surface area contributed by atoms with Gasteiger partial charge in [-0.05, 0) is 48.7 Å². The highest BCUT2D eigenvalue weighted by Crippen LogP contribution is 2.28. The minimum Gasteiger partial charge on any atom is -0.322 e. The van der Waals surface area contributed by atoms with Crippen molar-refractivity contribution in [2.24, 2.45) is 5.73 Å². The van der Waals surface area contributed by atoms with Crippen LogP contribution < -0.4 is 5.73 Å². The fraction of sp³-hybridized carbons (Fsp3) is 0.312. The number of aromatic nitrogens is 2. The lowest BCUT2D eigenvalue weighted by Crippen LogP contribution is -2.18. The molecule has 0 spiro atoms. The Morgan fingerprint density at radius 1 is 1.35 bits per heavy atom. The topological polar surface area (TPSA) is 43.8 Å². The molecule has 0 bridgehead atoms. The van der Waals surface area contributed by atoms with Crippen LogP contribution in [0.3, 0.4) is 0 Å². The molecule has 0 aliphatic carbocycles. The second kappa shape index (κ2) is 5.38. The van der Waals surface area contributed by atoms with E-state index >= 15 is 0 Å². The molecule has 0 saturated carbocycles. The molecule has 0 radical (unpaired) electrons. The summed E-state index contributed by atoms with van der Waals surface area (Å²) >= 11 is 1.79. The molecule has 3 rings (SSSR count). The second-order valence-electron chi connectivity index (χ2n) is 5.09. The van der Waals surface area contributed by atoms with Gasteiger partial charge in [-0.1, -0.05) is 18.2 Å². The maximum absolute atomic E-state index is 6.41. The predicted molar refractivity (Wildman–Crippen MR) is 85.1 cm³/mol. The highest BCUT2D eigenvalue weighted by atomic mass is 32.1. The molecule has 3 nitrogen and oxygen atoms in total. The highest BCUT2D eigenvalue weighted by Gasteiger charge is 2.15. The lowest BCUT2D eigenvalue weighted by molar-refractivity contribution is 0.567. The molecule has 0 aliphatic heterocycles. The van der Waals surface area contributed by atoms with Crippen molar-refractivity contribution >= 4 is 21.4 Å². The Bertz CT molecular complexity index is 726. The van der Waals surface area contributed by atoms with Gasteiger partial charge in [-0.2, -0.15) is 5.10 Å². The third kappa shape index (κ3) is 2.37. The standard InChI is InChI=1S/C16H19N3S/c1-3-19-15(8-11(2)18-19)14(17)9-12-10-20-16-7-5-4-6-13(12)16/h4-8,10,14H,3,9,17H2,1-2H3. The molecule has 1 aromatic carbocycles. The van der Waals surface area contributed by atoms with Crippen molar-refractivity contribution < 1.29 is 0 Å². The molecular formula is C16H19N3S. The third-order valence-corrected chi connectivity index (χ3v) is 4.63. The summed E-state index contributed by atoms with van der Waals surface area (Å²) in [7, 11) is 0. The summed E-state index contributed by atoms with van der Waals surface area (Å²) in [4.78, 5) is 0. The van der Waals surface area contributed by atoms with Crippen molar-refractivity contribution in [3.63, 3.8) is 0 Å². The van der Waals surface area contributed by atoms with Crippen LogP contribution in [0.1, 0.15) is 29.9 Å². The number of benzene rings is 1. The Hall–Kier alpha value is -1.65. The summed E-state index contributed by atoms with van der Waals surface area (Å²) in [5.41, 5.74) is 9.90. The molecule has 20 heavy (non-hydrogen) atoms. The molecule has 1 atom stereocenters. The lowest BCUT2D eigenvalue weighted by Gasteiger charge is -2.13.